The molecule has 0 spiro atoms. The zero-order valence-corrected chi connectivity index (χ0v) is 18.2. The molecule has 1 atom stereocenters. The monoisotopic (exact) mass is 444 g/mol. The van der Waals surface area contributed by atoms with Crippen LogP contribution in [0.5, 0.6) is 5.75 Å². The van der Waals surface area contributed by atoms with E-state index in [9.17, 15) is 13.2 Å². The number of hydrogen-bond acceptors (Lipinski definition) is 5. The van der Waals surface area contributed by atoms with Gasteiger partial charge in [0.1, 0.15) is 12.4 Å². The van der Waals surface area contributed by atoms with Gasteiger partial charge in [0.05, 0.1) is 11.0 Å². The maximum atomic E-state index is 12.9. The molecule has 0 unspecified atom stereocenters. The average Bonchev–Trinajstić information content (AvgIpc) is 3.32. The Bertz CT molecular complexity index is 982. The van der Waals surface area contributed by atoms with Crippen molar-refractivity contribution in [1.82, 2.24) is 9.62 Å². The van der Waals surface area contributed by atoms with Crippen LogP contribution in [-0.4, -0.2) is 57.7 Å². The van der Waals surface area contributed by atoms with Crippen LogP contribution in [0.15, 0.2) is 59.5 Å². The van der Waals surface area contributed by atoms with Gasteiger partial charge in [0.25, 0.3) is 5.91 Å². The van der Waals surface area contributed by atoms with E-state index in [1.165, 1.54) is 0 Å². The van der Waals surface area contributed by atoms with E-state index in [0.29, 0.717) is 43.9 Å². The van der Waals surface area contributed by atoms with Gasteiger partial charge in [0, 0.05) is 31.3 Å². The van der Waals surface area contributed by atoms with Crippen LogP contribution in [-0.2, 0) is 14.8 Å². The third-order valence-electron chi connectivity index (χ3n) is 5.70. The number of carbonyl (C=O) groups is 1. The second-order valence-corrected chi connectivity index (χ2v) is 9.69. The van der Waals surface area contributed by atoms with Gasteiger partial charge in [-0.2, -0.15) is 0 Å². The first-order chi connectivity index (χ1) is 15.0. The third-order valence-corrected chi connectivity index (χ3v) is 7.23. The highest BCUT2D eigenvalue weighted by molar-refractivity contribution is 7.89. The molecule has 2 aromatic rings. The van der Waals surface area contributed by atoms with Crippen molar-refractivity contribution >= 4 is 15.9 Å². The first-order valence-electron chi connectivity index (χ1n) is 10.7. The molecule has 0 radical (unpaired) electrons. The van der Waals surface area contributed by atoms with Crippen LogP contribution in [0.25, 0.3) is 0 Å². The van der Waals surface area contributed by atoms with E-state index in [1.807, 2.05) is 12.1 Å². The lowest BCUT2D eigenvalue weighted by Crippen LogP contribution is -2.46. The SMILES string of the molecule is O=C(c1cccc(OC[C@H]2CCCO2)c1)N1CCC(NS(=O)(=O)c2ccccc2)CC1. The Hall–Kier alpha value is -2.42. The summed E-state index contributed by atoms with van der Waals surface area (Å²) in [5, 5.41) is 0. The van der Waals surface area contributed by atoms with Crippen molar-refractivity contribution in [3.63, 3.8) is 0 Å². The molecule has 0 aliphatic carbocycles. The zero-order valence-electron chi connectivity index (χ0n) is 17.4. The van der Waals surface area contributed by atoms with E-state index in [-0.39, 0.29) is 22.9 Å². The van der Waals surface area contributed by atoms with Crippen molar-refractivity contribution in [1.29, 1.82) is 0 Å². The molecule has 2 heterocycles. The first-order valence-corrected chi connectivity index (χ1v) is 12.2. The highest BCUT2D eigenvalue weighted by Gasteiger charge is 2.27. The van der Waals surface area contributed by atoms with Crippen molar-refractivity contribution in [3.8, 4) is 5.75 Å². The smallest absolute Gasteiger partial charge is 0.253 e. The molecular formula is C23H28N2O5S. The number of carbonyl (C=O) groups excluding carboxylic acids is 1. The molecular weight excluding hydrogens is 416 g/mol. The van der Waals surface area contributed by atoms with Gasteiger partial charge in [0.2, 0.25) is 10.0 Å². The zero-order chi connectivity index (χ0) is 21.7. The van der Waals surface area contributed by atoms with Gasteiger partial charge in [-0.15, -0.1) is 0 Å². The molecule has 1 N–H and O–H groups in total. The standard InChI is InChI=1S/C23H28N2O5S/c26-23(18-6-4-7-20(16-18)30-17-21-8-5-15-29-21)25-13-11-19(12-14-25)24-31(27,28)22-9-2-1-3-10-22/h1-4,6-7,9-10,16,19,21,24H,5,8,11-15,17H2/t21-/m1/s1. The van der Waals surface area contributed by atoms with E-state index in [4.69, 9.17) is 9.47 Å². The number of rotatable bonds is 7. The highest BCUT2D eigenvalue weighted by Crippen LogP contribution is 2.21. The molecule has 0 aromatic heterocycles. The van der Waals surface area contributed by atoms with Crippen LogP contribution in [0.2, 0.25) is 0 Å². The Morgan fingerprint density at radius 1 is 1.06 bits per heavy atom. The normalized spacial score (nSPS) is 20.0. The molecule has 31 heavy (non-hydrogen) atoms. The van der Waals surface area contributed by atoms with Crippen LogP contribution >= 0.6 is 0 Å². The first kappa shape index (κ1) is 21.8. The van der Waals surface area contributed by atoms with Crippen molar-refractivity contribution in [2.45, 2.75) is 42.7 Å². The lowest BCUT2D eigenvalue weighted by Gasteiger charge is -2.32. The summed E-state index contributed by atoms with van der Waals surface area (Å²) in [6, 6.07) is 15.4. The summed E-state index contributed by atoms with van der Waals surface area (Å²) < 4.78 is 39.2. The Kier molecular flexibility index (Phi) is 6.89. The number of hydrogen-bond donors (Lipinski definition) is 1. The van der Waals surface area contributed by atoms with Crippen molar-refractivity contribution < 1.29 is 22.7 Å². The van der Waals surface area contributed by atoms with Crippen LogP contribution < -0.4 is 9.46 Å². The van der Waals surface area contributed by atoms with E-state index in [1.54, 1.807) is 47.4 Å². The van der Waals surface area contributed by atoms with Gasteiger partial charge in [-0.25, -0.2) is 13.1 Å². The van der Waals surface area contributed by atoms with Crippen LogP contribution in [0.4, 0.5) is 0 Å². The maximum absolute atomic E-state index is 12.9. The fourth-order valence-electron chi connectivity index (χ4n) is 3.95. The van der Waals surface area contributed by atoms with Gasteiger partial charge in [-0.1, -0.05) is 24.3 Å². The lowest BCUT2D eigenvalue weighted by molar-refractivity contribution is 0.0674. The number of amides is 1. The summed E-state index contributed by atoms with van der Waals surface area (Å²) in [4.78, 5) is 15.0. The predicted octanol–water partition coefficient (Wildman–Crippen LogP) is 2.83. The summed E-state index contributed by atoms with van der Waals surface area (Å²) in [7, 11) is -3.55. The Morgan fingerprint density at radius 3 is 2.55 bits per heavy atom. The topological polar surface area (TPSA) is 84.9 Å². The number of sulfonamides is 1. The average molecular weight is 445 g/mol. The Balaban J connectivity index is 1.30. The molecule has 7 nitrogen and oxygen atoms in total. The lowest BCUT2D eigenvalue weighted by atomic mass is 10.0. The van der Waals surface area contributed by atoms with Crippen molar-refractivity contribution in [2.75, 3.05) is 26.3 Å². The van der Waals surface area contributed by atoms with E-state index in [0.717, 1.165) is 19.4 Å². The van der Waals surface area contributed by atoms with Gasteiger partial charge in [-0.05, 0) is 56.0 Å². The van der Waals surface area contributed by atoms with Crippen LogP contribution in [0.3, 0.4) is 0 Å². The molecule has 166 valence electrons. The van der Waals surface area contributed by atoms with Crippen molar-refractivity contribution in [2.24, 2.45) is 0 Å². The molecule has 2 aromatic carbocycles. The van der Waals surface area contributed by atoms with E-state index in [2.05, 4.69) is 4.72 Å². The molecule has 8 heteroatoms. The summed E-state index contributed by atoms with van der Waals surface area (Å²) in [5.41, 5.74) is 0.577. The second kappa shape index (κ2) is 9.80. The van der Waals surface area contributed by atoms with Crippen molar-refractivity contribution in [3.05, 3.63) is 60.2 Å². The fraction of sp³-hybridized carbons (Fsp3) is 0.435. The molecule has 2 aliphatic rings. The molecule has 4 rings (SSSR count). The summed E-state index contributed by atoms with van der Waals surface area (Å²) >= 11 is 0. The Morgan fingerprint density at radius 2 is 1.84 bits per heavy atom. The third kappa shape index (κ3) is 5.64. The molecule has 2 fully saturated rings. The van der Waals surface area contributed by atoms with Crippen LogP contribution in [0, 0.1) is 0 Å². The van der Waals surface area contributed by atoms with Crippen LogP contribution in [0.1, 0.15) is 36.0 Å². The molecule has 2 saturated heterocycles. The van der Waals surface area contributed by atoms with Gasteiger partial charge in [-0.3, -0.25) is 4.79 Å². The number of benzene rings is 2. The minimum absolute atomic E-state index is 0.0630. The minimum atomic E-state index is -3.55. The van der Waals surface area contributed by atoms with Gasteiger partial charge < -0.3 is 14.4 Å². The van der Waals surface area contributed by atoms with E-state index >= 15 is 0 Å². The molecule has 2 aliphatic heterocycles. The summed E-state index contributed by atoms with van der Waals surface area (Å²) in [6.07, 6.45) is 3.34. The van der Waals surface area contributed by atoms with Gasteiger partial charge >= 0.3 is 0 Å². The molecule has 1 amide bonds. The van der Waals surface area contributed by atoms with E-state index < -0.39 is 10.0 Å². The molecule has 0 bridgehead atoms. The number of nitrogens with zero attached hydrogens (tertiary/aromatic N) is 1. The molecule has 0 saturated carbocycles. The number of ether oxygens (including phenoxy) is 2. The largest absolute Gasteiger partial charge is 0.491 e. The fourth-order valence-corrected chi connectivity index (χ4v) is 5.28. The maximum Gasteiger partial charge on any atom is 0.253 e. The second-order valence-electron chi connectivity index (χ2n) is 7.97. The highest BCUT2D eigenvalue weighted by atomic mass is 32.2. The van der Waals surface area contributed by atoms with Gasteiger partial charge in [0.15, 0.2) is 0 Å². The summed E-state index contributed by atoms with van der Waals surface area (Å²) in [6.45, 7) is 2.28. The summed E-state index contributed by atoms with van der Waals surface area (Å²) in [5.74, 6) is 0.596. The minimum Gasteiger partial charge on any atom is -0.491 e. The Labute approximate surface area is 183 Å². The number of piperidine rings is 1. The number of nitrogens with one attached hydrogen (secondary N) is 1. The quantitative estimate of drug-likeness (QED) is 0.710. The number of likely N-dealkylation sites (tertiary alicyclic amines) is 1. The predicted molar refractivity (Wildman–Crippen MR) is 117 cm³/mol.